The van der Waals surface area contributed by atoms with Crippen LogP contribution in [0.3, 0.4) is 0 Å². The number of hydrogen-bond acceptors (Lipinski definition) is 1. The molecule has 2 unspecified atom stereocenters. The van der Waals surface area contributed by atoms with Gasteiger partial charge in [0.05, 0.1) is 0 Å². The van der Waals surface area contributed by atoms with Crippen LogP contribution in [0.1, 0.15) is 59.3 Å². The molecule has 0 aliphatic heterocycles. The van der Waals surface area contributed by atoms with E-state index < -0.39 is 0 Å². The molecule has 0 aliphatic carbocycles. The van der Waals surface area contributed by atoms with Crippen molar-refractivity contribution >= 4 is 0 Å². The third kappa shape index (κ3) is 6.57. The van der Waals surface area contributed by atoms with Gasteiger partial charge >= 0.3 is 0 Å². The first kappa shape index (κ1) is 14.5. The molecule has 1 nitrogen and oxygen atoms in total. The SMILES string of the molecule is C#CCCC(NCC)C(CC)CCCC. The van der Waals surface area contributed by atoms with E-state index in [-0.39, 0.29) is 0 Å². The first-order valence-electron chi connectivity index (χ1n) is 6.46. The van der Waals surface area contributed by atoms with E-state index in [1.165, 1.54) is 25.7 Å². The number of nitrogens with one attached hydrogen (secondary N) is 1. The zero-order chi connectivity index (χ0) is 11.5. The molecule has 0 heterocycles. The second kappa shape index (κ2) is 10.1. The van der Waals surface area contributed by atoms with E-state index in [0.717, 1.165) is 25.3 Å². The summed E-state index contributed by atoms with van der Waals surface area (Å²) in [5.74, 6) is 3.56. The second-order valence-corrected chi connectivity index (χ2v) is 4.22. The van der Waals surface area contributed by atoms with Crippen molar-refractivity contribution in [1.29, 1.82) is 0 Å². The molecular weight excluding hydrogens is 182 g/mol. The molecule has 88 valence electrons. The predicted octanol–water partition coefficient (Wildman–Crippen LogP) is 3.59. The first-order chi connectivity index (χ1) is 7.29. The average molecular weight is 209 g/mol. The lowest BCUT2D eigenvalue weighted by Crippen LogP contribution is -2.35. The van der Waals surface area contributed by atoms with Crippen molar-refractivity contribution in [3.8, 4) is 12.3 Å². The molecule has 0 aliphatic rings. The highest BCUT2D eigenvalue weighted by atomic mass is 14.9. The summed E-state index contributed by atoms with van der Waals surface area (Å²) in [6.45, 7) is 7.78. The zero-order valence-electron chi connectivity index (χ0n) is 10.7. The van der Waals surface area contributed by atoms with Gasteiger partial charge in [-0.1, -0.05) is 40.0 Å². The Morgan fingerprint density at radius 2 is 1.93 bits per heavy atom. The van der Waals surface area contributed by atoms with Crippen LogP contribution >= 0.6 is 0 Å². The molecule has 0 aromatic carbocycles. The lowest BCUT2D eigenvalue weighted by atomic mass is 9.88. The van der Waals surface area contributed by atoms with Crippen LogP contribution in [-0.2, 0) is 0 Å². The maximum absolute atomic E-state index is 5.34. The normalized spacial score (nSPS) is 14.5. The van der Waals surface area contributed by atoms with Crippen molar-refractivity contribution in [2.75, 3.05) is 6.54 Å². The minimum Gasteiger partial charge on any atom is -0.314 e. The summed E-state index contributed by atoms with van der Waals surface area (Å²) in [6, 6.07) is 0.627. The lowest BCUT2D eigenvalue weighted by molar-refractivity contribution is 0.309. The van der Waals surface area contributed by atoms with E-state index in [9.17, 15) is 0 Å². The van der Waals surface area contributed by atoms with Crippen LogP contribution in [0.2, 0.25) is 0 Å². The van der Waals surface area contributed by atoms with Crippen LogP contribution in [-0.4, -0.2) is 12.6 Å². The van der Waals surface area contributed by atoms with Crippen LogP contribution < -0.4 is 5.32 Å². The minimum absolute atomic E-state index is 0.627. The fourth-order valence-corrected chi connectivity index (χ4v) is 2.16. The van der Waals surface area contributed by atoms with Crippen molar-refractivity contribution in [3.63, 3.8) is 0 Å². The Morgan fingerprint density at radius 3 is 2.40 bits per heavy atom. The van der Waals surface area contributed by atoms with Crippen LogP contribution in [0.25, 0.3) is 0 Å². The van der Waals surface area contributed by atoms with Crippen molar-refractivity contribution < 1.29 is 0 Å². The molecule has 0 aromatic rings. The fourth-order valence-electron chi connectivity index (χ4n) is 2.16. The second-order valence-electron chi connectivity index (χ2n) is 4.22. The summed E-state index contributed by atoms with van der Waals surface area (Å²) >= 11 is 0. The molecule has 0 saturated carbocycles. The van der Waals surface area contributed by atoms with E-state index in [1.807, 2.05) is 0 Å². The molecule has 0 amide bonds. The van der Waals surface area contributed by atoms with Crippen molar-refractivity contribution in [2.45, 2.75) is 65.3 Å². The highest BCUT2D eigenvalue weighted by Crippen LogP contribution is 2.20. The van der Waals surface area contributed by atoms with Gasteiger partial charge in [0.15, 0.2) is 0 Å². The molecule has 1 N–H and O–H groups in total. The monoisotopic (exact) mass is 209 g/mol. The minimum atomic E-state index is 0.627. The molecule has 0 bridgehead atoms. The summed E-state index contributed by atoms with van der Waals surface area (Å²) in [5, 5.41) is 3.58. The van der Waals surface area contributed by atoms with Gasteiger partial charge in [-0.05, 0) is 25.3 Å². The van der Waals surface area contributed by atoms with Gasteiger partial charge in [-0.2, -0.15) is 0 Å². The van der Waals surface area contributed by atoms with E-state index in [0.29, 0.717) is 6.04 Å². The van der Waals surface area contributed by atoms with Gasteiger partial charge in [0.25, 0.3) is 0 Å². The Labute approximate surface area is 96.0 Å². The van der Waals surface area contributed by atoms with Gasteiger partial charge < -0.3 is 5.32 Å². The van der Waals surface area contributed by atoms with Gasteiger partial charge in [-0.25, -0.2) is 0 Å². The smallest absolute Gasteiger partial charge is 0.0104 e. The predicted molar refractivity (Wildman–Crippen MR) is 68.8 cm³/mol. The van der Waals surface area contributed by atoms with Crippen LogP contribution in [0.4, 0.5) is 0 Å². The standard InChI is InChI=1S/C14H27N/c1-5-9-11-13(7-3)14(15-8-4)12-10-6-2/h2,13-15H,5,7-12H2,1,3-4H3. The molecule has 0 fully saturated rings. The largest absolute Gasteiger partial charge is 0.314 e. The molecule has 1 heteroatoms. The number of hydrogen-bond donors (Lipinski definition) is 1. The third-order valence-corrected chi connectivity index (χ3v) is 3.09. The van der Waals surface area contributed by atoms with E-state index in [2.05, 4.69) is 32.0 Å². The Kier molecular flexibility index (Phi) is 9.73. The summed E-state index contributed by atoms with van der Waals surface area (Å²) < 4.78 is 0. The lowest BCUT2D eigenvalue weighted by Gasteiger charge is -2.26. The molecule has 15 heavy (non-hydrogen) atoms. The average Bonchev–Trinajstić information content (AvgIpc) is 2.26. The van der Waals surface area contributed by atoms with Gasteiger partial charge in [0, 0.05) is 12.5 Å². The van der Waals surface area contributed by atoms with Crippen molar-refractivity contribution in [2.24, 2.45) is 5.92 Å². The first-order valence-corrected chi connectivity index (χ1v) is 6.46. The van der Waals surface area contributed by atoms with Crippen molar-refractivity contribution in [3.05, 3.63) is 0 Å². The molecular formula is C14H27N. The van der Waals surface area contributed by atoms with E-state index in [4.69, 9.17) is 6.42 Å². The van der Waals surface area contributed by atoms with Crippen LogP contribution in [0.15, 0.2) is 0 Å². The quantitative estimate of drug-likeness (QED) is 0.572. The molecule has 0 rings (SSSR count). The molecule has 0 spiro atoms. The molecule has 0 saturated heterocycles. The fraction of sp³-hybridized carbons (Fsp3) is 0.857. The molecule has 0 aromatic heterocycles. The van der Waals surface area contributed by atoms with Crippen LogP contribution in [0, 0.1) is 18.3 Å². The highest BCUT2D eigenvalue weighted by Gasteiger charge is 2.17. The Hall–Kier alpha value is -0.480. The van der Waals surface area contributed by atoms with Crippen molar-refractivity contribution in [1.82, 2.24) is 5.32 Å². The maximum atomic E-state index is 5.34. The van der Waals surface area contributed by atoms with Gasteiger partial charge in [0.2, 0.25) is 0 Å². The summed E-state index contributed by atoms with van der Waals surface area (Å²) in [4.78, 5) is 0. The van der Waals surface area contributed by atoms with E-state index >= 15 is 0 Å². The van der Waals surface area contributed by atoms with Gasteiger partial charge in [-0.15, -0.1) is 12.3 Å². The summed E-state index contributed by atoms with van der Waals surface area (Å²) in [6.07, 6.45) is 12.6. The summed E-state index contributed by atoms with van der Waals surface area (Å²) in [5.41, 5.74) is 0. The van der Waals surface area contributed by atoms with Gasteiger partial charge in [-0.3, -0.25) is 0 Å². The number of rotatable bonds is 9. The Balaban J connectivity index is 4.07. The Bertz CT molecular complexity index is 169. The molecule has 0 radical (unpaired) electrons. The highest BCUT2D eigenvalue weighted by molar-refractivity contribution is 4.87. The summed E-state index contributed by atoms with van der Waals surface area (Å²) in [7, 11) is 0. The Morgan fingerprint density at radius 1 is 1.20 bits per heavy atom. The zero-order valence-corrected chi connectivity index (χ0v) is 10.7. The third-order valence-electron chi connectivity index (χ3n) is 3.09. The number of unbranched alkanes of at least 4 members (excludes halogenated alkanes) is 1. The van der Waals surface area contributed by atoms with Crippen LogP contribution in [0.5, 0.6) is 0 Å². The molecule has 2 atom stereocenters. The topological polar surface area (TPSA) is 12.0 Å². The number of terminal acetylenes is 1. The van der Waals surface area contributed by atoms with E-state index in [1.54, 1.807) is 0 Å². The maximum Gasteiger partial charge on any atom is 0.0104 e. The van der Waals surface area contributed by atoms with Gasteiger partial charge in [0.1, 0.15) is 0 Å².